The molecule has 1 aromatic heterocycles. The molecule has 0 amide bonds. The van der Waals surface area contributed by atoms with Gasteiger partial charge in [0.2, 0.25) is 10.0 Å². The third-order valence-corrected chi connectivity index (χ3v) is 9.74. The molecule has 0 bridgehead atoms. The molecule has 8 nitrogen and oxygen atoms in total. The summed E-state index contributed by atoms with van der Waals surface area (Å²) in [5.41, 5.74) is 3.67. The van der Waals surface area contributed by atoms with Crippen molar-refractivity contribution in [3.63, 3.8) is 0 Å². The standard InChI is InChI=1S/C26H29N3O5S2/c1-35(30,31)15-3-14-34-21-10-13-23-24(17-27)26(29(25(23)16-21)20-4-2-5-20)18-6-8-19(9-7-18)28-36(32,33)22-11-12-22/h6-10,13,16,20,22,28H,2-5,11-12,14-15H2,1H3. The fraction of sp³-hybridized carbons (Fsp3) is 0.423. The van der Waals surface area contributed by atoms with Gasteiger partial charge in [-0.1, -0.05) is 12.1 Å². The fourth-order valence-corrected chi connectivity index (χ4v) is 6.66. The highest BCUT2D eigenvalue weighted by molar-refractivity contribution is 7.93. The van der Waals surface area contributed by atoms with Gasteiger partial charge < -0.3 is 9.30 Å². The Kier molecular flexibility index (Phi) is 6.47. The van der Waals surface area contributed by atoms with Gasteiger partial charge in [0, 0.05) is 29.4 Å². The maximum Gasteiger partial charge on any atom is 0.235 e. The number of nitrogens with zero attached hydrogens (tertiary/aromatic N) is 2. The zero-order chi connectivity index (χ0) is 25.5. The van der Waals surface area contributed by atoms with Crippen molar-refractivity contribution in [1.82, 2.24) is 4.57 Å². The van der Waals surface area contributed by atoms with E-state index in [-0.39, 0.29) is 17.0 Å². The number of benzene rings is 2. The second-order valence-electron chi connectivity index (χ2n) is 9.72. The number of ether oxygens (including phenoxy) is 1. The van der Waals surface area contributed by atoms with Gasteiger partial charge in [-0.05, 0) is 68.4 Å². The van der Waals surface area contributed by atoms with Crippen LogP contribution in [0.2, 0.25) is 0 Å². The Morgan fingerprint density at radius 2 is 1.78 bits per heavy atom. The van der Waals surface area contributed by atoms with Gasteiger partial charge in [0.05, 0.1) is 34.4 Å². The molecule has 0 atom stereocenters. The van der Waals surface area contributed by atoms with Crippen molar-refractivity contribution in [2.45, 2.75) is 49.8 Å². The summed E-state index contributed by atoms with van der Waals surface area (Å²) in [6.45, 7) is 0.291. The first-order chi connectivity index (χ1) is 17.2. The molecule has 2 aromatic carbocycles. The van der Waals surface area contributed by atoms with Gasteiger partial charge in [-0.25, -0.2) is 16.8 Å². The van der Waals surface area contributed by atoms with E-state index >= 15 is 0 Å². The maximum atomic E-state index is 12.3. The summed E-state index contributed by atoms with van der Waals surface area (Å²) in [4.78, 5) is 0. The Morgan fingerprint density at radius 3 is 2.36 bits per heavy atom. The predicted octanol–water partition coefficient (Wildman–Crippen LogP) is 4.62. The molecule has 2 saturated carbocycles. The largest absolute Gasteiger partial charge is 0.493 e. The number of hydrogen-bond donors (Lipinski definition) is 1. The maximum absolute atomic E-state index is 12.3. The van der Waals surface area contributed by atoms with Gasteiger partial charge in [-0.2, -0.15) is 5.26 Å². The lowest BCUT2D eigenvalue weighted by Gasteiger charge is -2.30. The lowest BCUT2D eigenvalue weighted by Crippen LogP contribution is -2.18. The molecule has 0 unspecified atom stereocenters. The summed E-state index contributed by atoms with van der Waals surface area (Å²) < 4.78 is 58.1. The molecule has 10 heteroatoms. The molecule has 2 aliphatic carbocycles. The first kappa shape index (κ1) is 24.7. The van der Waals surface area contributed by atoms with Crippen LogP contribution in [-0.2, 0) is 19.9 Å². The molecule has 0 saturated heterocycles. The molecule has 2 aliphatic rings. The van der Waals surface area contributed by atoms with E-state index < -0.39 is 19.9 Å². The molecule has 0 spiro atoms. The Hall–Kier alpha value is -3.03. The van der Waals surface area contributed by atoms with Crippen LogP contribution in [0.5, 0.6) is 5.75 Å². The molecular weight excluding hydrogens is 498 g/mol. The third kappa shape index (κ3) is 5.08. The number of sulfone groups is 1. The smallest absolute Gasteiger partial charge is 0.235 e. The van der Waals surface area contributed by atoms with Crippen LogP contribution in [0.25, 0.3) is 22.2 Å². The quantitative estimate of drug-likeness (QED) is 0.384. The molecule has 3 aromatic rings. The molecule has 2 fully saturated rings. The van der Waals surface area contributed by atoms with E-state index in [1.165, 1.54) is 6.26 Å². The SMILES string of the molecule is CS(=O)(=O)CCCOc1ccc2c(C#N)c(-c3ccc(NS(=O)(=O)C4CC4)cc3)n(C3CCC3)c2c1. The first-order valence-corrected chi connectivity index (χ1v) is 15.8. The van der Waals surface area contributed by atoms with Crippen LogP contribution in [0.4, 0.5) is 5.69 Å². The monoisotopic (exact) mass is 527 g/mol. The molecule has 0 radical (unpaired) electrons. The Balaban J connectivity index is 1.49. The van der Waals surface area contributed by atoms with E-state index in [9.17, 15) is 22.1 Å². The number of aromatic nitrogens is 1. The Bertz CT molecular complexity index is 1540. The zero-order valence-electron chi connectivity index (χ0n) is 20.1. The number of sulfonamides is 1. The van der Waals surface area contributed by atoms with Crippen LogP contribution in [0.15, 0.2) is 42.5 Å². The number of nitriles is 1. The Morgan fingerprint density at radius 1 is 1.06 bits per heavy atom. The molecule has 190 valence electrons. The minimum absolute atomic E-state index is 0.0727. The van der Waals surface area contributed by atoms with E-state index in [1.54, 1.807) is 12.1 Å². The van der Waals surface area contributed by atoms with Crippen molar-refractivity contribution >= 4 is 36.5 Å². The van der Waals surface area contributed by atoms with E-state index in [4.69, 9.17) is 4.74 Å². The summed E-state index contributed by atoms with van der Waals surface area (Å²) in [5, 5.41) is 10.6. The average molecular weight is 528 g/mol. The molecular formula is C26H29N3O5S2. The van der Waals surface area contributed by atoms with Gasteiger partial charge in [0.1, 0.15) is 21.7 Å². The Labute approximate surface area is 211 Å². The van der Waals surface area contributed by atoms with Gasteiger partial charge in [-0.15, -0.1) is 0 Å². The van der Waals surface area contributed by atoms with E-state index in [0.29, 0.717) is 42.9 Å². The zero-order valence-corrected chi connectivity index (χ0v) is 21.7. The topological polar surface area (TPSA) is 118 Å². The third-order valence-electron chi connectivity index (χ3n) is 6.84. The molecule has 0 aliphatic heterocycles. The van der Waals surface area contributed by atoms with Crippen LogP contribution in [0.3, 0.4) is 0 Å². The summed E-state index contributed by atoms with van der Waals surface area (Å²) in [6, 6.07) is 15.5. The number of rotatable bonds is 10. The average Bonchev–Trinajstić information content (AvgIpc) is 3.60. The molecule has 1 heterocycles. The lowest BCUT2D eigenvalue weighted by atomic mass is 9.92. The van der Waals surface area contributed by atoms with Crippen molar-refractivity contribution in [3.8, 4) is 23.1 Å². The second kappa shape index (κ2) is 9.45. The van der Waals surface area contributed by atoms with E-state index in [1.807, 2.05) is 30.3 Å². The highest BCUT2D eigenvalue weighted by atomic mass is 32.2. The fourth-order valence-electron chi connectivity index (χ4n) is 4.63. The van der Waals surface area contributed by atoms with Crippen molar-refractivity contribution in [1.29, 1.82) is 5.26 Å². The molecule has 5 rings (SSSR count). The molecule has 36 heavy (non-hydrogen) atoms. The van der Waals surface area contributed by atoms with Crippen LogP contribution in [0.1, 0.15) is 50.1 Å². The van der Waals surface area contributed by atoms with E-state index in [2.05, 4.69) is 15.4 Å². The number of nitrogens with one attached hydrogen (secondary N) is 1. The van der Waals surface area contributed by atoms with Crippen LogP contribution in [-0.4, -0.2) is 45.3 Å². The predicted molar refractivity (Wildman–Crippen MR) is 140 cm³/mol. The van der Waals surface area contributed by atoms with Crippen molar-refractivity contribution in [2.24, 2.45) is 0 Å². The highest BCUT2D eigenvalue weighted by Crippen LogP contribution is 2.43. The summed E-state index contributed by atoms with van der Waals surface area (Å²) in [6.07, 6.45) is 6.17. The van der Waals surface area contributed by atoms with Crippen molar-refractivity contribution in [2.75, 3.05) is 23.3 Å². The van der Waals surface area contributed by atoms with Crippen LogP contribution in [0, 0.1) is 11.3 Å². The van der Waals surface area contributed by atoms with Crippen LogP contribution >= 0.6 is 0 Å². The van der Waals surface area contributed by atoms with Gasteiger partial charge in [0.25, 0.3) is 0 Å². The summed E-state index contributed by atoms with van der Waals surface area (Å²) in [5.74, 6) is 0.707. The first-order valence-electron chi connectivity index (χ1n) is 12.2. The van der Waals surface area contributed by atoms with Crippen molar-refractivity contribution < 1.29 is 21.6 Å². The highest BCUT2D eigenvalue weighted by Gasteiger charge is 2.35. The molecule has 1 N–H and O–H groups in total. The van der Waals surface area contributed by atoms with Gasteiger partial charge in [-0.3, -0.25) is 4.72 Å². The lowest BCUT2D eigenvalue weighted by molar-refractivity contribution is 0.315. The number of hydrogen-bond acceptors (Lipinski definition) is 6. The minimum atomic E-state index is -3.34. The number of anilines is 1. The van der Waals surface area contributed by atoms with Crippen molar-refractivity contribution in [3.05, 3.63) is 48.0 Å². The van der Waals surface area contributed by atoms with Gasteiger partial charge >= 0.3 is 0 Å². The number of fused-ring (bicyclic) bond motifs is 1. The minimum Gasteiger partial charge on any atom is -0.493 e. The van der Waals surface area contributed by atoms with Gasteiger partial charge in [0.15, 0.2) is 0 Å². The summed E-state index contributed by atoms with van der Waals surface area (Å²) >= 11 is 0. The van der Waals surface area contributed by atoms with E-state index in [0.717, 1.165) is 41.4 Å². The second-order valence-corrected chi connectivity index (χ2v) is 13.9. The summed E-state index contributed by atoms with van der Waals surface area (Å²) in [7, 11) is -6.38. The van der Waals surface area contributed by atoms with Crippen LogP contribution < -0.4 is 9.46 Å². The normalized spacial score (nSPS) is 16.4.